The first-order valence-electron chi connectivity index (χ1n) is 3.49. The minimum absolute atomic E-state index is 0. The molecule has 2 heterocycles. The molecule has 0 aromatic heterocycles. The SMILES string of the molecule is O=S([O-])C1C=C2C(=CC=CN2Cl)S1.[Li+]. The Hall–Kier alpha value is 0.367. The summed E-state index contributed by atoms with van der Waals surface area (Å²) in [6.07, 6.45) is 6.94. The Kier molecular flexibility index (Phi) is 4.38. The van der Waals surface area contributed by atoms with Gasteiger partial charge in [0, 0.05) is 22.9 Å². The Balaban J connectivity index is 0.000000980. The van der Waals surface area contributed by atoms with Gasteiger partial charge in [0.1, 0.15) is 0 Å². The van der Waals surface area contributed by atoms with Crippen molar-refractivity contribution in [1.29, 1.82) is 0 Å². The molecule has 3 nitrogen and oxygen atoms in total. The average molecular weight is 242 g/mol. The molecule has 0 aliphatic carbocycles. The maximum Gasteiger partial charge on any atom is 1.00 e. The predicted octanol–water partition coefficient (Wildman–Crippen LogP) is -1.31. The molecular weight excluding hydrogens is 237 g/mol. The third-order valence-corrected chi connectivity index (χ3v) is 4.21. The standard InChI is InChI=1S/C7H6ClNO2S2.Li/c8-9-3-1-2-6-5(9)4-7(12-6)13(10)11;/h1-4,7H,(H,10,11);/q;+1/p-1. The minimum Gasteiger partial charge on any atom is -0.771 e. The van der Waals surface area contributed by atoms with E-state index in [0.29, 0.717) is 0 Å². The van der Waals surface area contributed by atoms with Crippen molar-refractivity contribution in [3.05, 3.63) is 35.0 Å². The number of thioether (sulfide) groups is 1. The van der Waals surface area contributed by atoms with E-state index in [2.05, 4.69) is 0 Å². The predicted molar refractivity (Wildman–Crippen MR) is 53.3 cm³/mol. The molecule has 2 unspecified atom stereocenters. The van der Waals surface area contributed by atoms with Gasteiger partial charge >= 0.3 is 18.9 Å². The zero-order valence-corrected chi connectivity index (χ0v) is 9.73. The molecule has 2 aliphatic rings. The van der Waals surface area contributed by atoms with E-state index in [1.54, 1.807) is 18.4 Å². The molecule has 14 heavy (non-hydrogen) atoms. The molecule has 0 bridgehead atoms. The molecule has 2 aliphatic heterocycles. The van der Waals surface area contributed by atoms with Gasteiger partial charge in [-0.15, -0.1) is 11.8 Å². The summed E-state index contributed by atoms with van der Waals surface area (Å²) in [5.74, 6) is 0. The molecule has 0 N–H and O–H groups in total. The molecule has 0 aromatic rings. The van der Waals surface area contributed by atoms with Crippen LogP contribution in [0.1, 0.15) is 0 Å². The van der Waals surface area contributed by atoms with Gasteiger partial charge in [0.2, 0.25) is 0 Å². The number of halogens is 1. The fraction of sp³-hybridized carbons (Fsp3) is 0.143. The smallest absolute Gasteiger partial charge is 0.771 e. The monoisotopic (exact) mass is 241 g/mol. The summed E-state index contributed by atoms with van der Waals surface area (Å²) in [5, 5.41) is 0. The van der Waals surface area contributed by atoms with E-state index in [-0.39, 0.29) is 18.9 Å². The van der Waals surface area contributed by atoms with Crippen LogP contribution in [0, 0.1) is 0 Å². The molecule has 0 saturated carbocycles. The van der Waals surface area contributed by atoms with Gasteiger partial charge in [0.15, 0.2) is 0 Å². The summed E-state index contributed by atoms with van der Waals surface area (Å²) in [7, 11) is 0. The Bertz CT molecular complexity index is 356. The van der Waals surface area contributed by atoms with Crippen molar-refractivity contribution in [2.24, 2.45) is 0 Å². The second kappa shape index (κ2) is 4.93. The van der Waals surface area contributed by atoms with Crippen LogP contribution in [0.2, 0.25) is 0 Å². The van der Waals surface area contributed by atoms with Gasteiger partial charge in [-0.1, -0.05) is 0 Å². The van der Waals surface area contributed by atoms with Crippen molar-refractivity contribution in [1.82, 2.24) is 4.42 Å². The van der Waals surface area contributed by atoms with Crippen LogP contribution >= 0.6 is 23.5 Å². The third kappa shape index (κ3) is 2.30. The first kappa shape index (κ1) is 12.4. The number of fused-ring (bicyclic) bond motifs is 1. The summed E-state index contributed by atoms with van der Waals surface area (Å²) >= 11 is 5.01. The van der Waals surface area contributed by atoms with Crippen molar-refractivity contribution in [2.45, 2.75) is 4.58 Å². The summed E-state index contributed by atoms with van der Waals surface area (Å²) in [4.78, 5) is 0.895. The first-order valence-corrected chi connectivity index (χ1v) is 5.84. The summed E-state index contributed by atoms with van der Waals surface area (Å²) in [6.45, 7) is 0. The van der Waals surface area contributed by atoms with Gasteiger partial charge in [0.05, 0.1) is 10.3 Å². The quantitative estimate of drug-likeness (QED) is 0.325. The number of hydrogen-bond acceptors (Lipinski definition) is 4. The summed E-state index contributed by atoms with van der Waals surface area (Å²) < 4.78 is 22.2. The Morgan fingerprint density at radius 1 is 1.64 bits per heavy atom. The molecular formula is C7H5ClLiNO2S2. The Labute approximate surface area is 106 Å². The van der Waals surface area contributed by atoms with Crippen molar-refractivity contribution in [3.8, 4) is 0 Å². The molecule has 2 rings (SSSR count). The van der Waals surface area contributed by atoms with E-state index in [0.717, 1.165) is 10.6 Å². The molecule has 0 radical (unpaired) electrons. The largest absolute Gasteiger partial charge is 1.00 e. The maximum atomic E-state index is 10.7. The van der Waals surface area contributed by atoms with E-state index in [1.807, 2.05) is 6.08 Å². The van der Waals surface area contributed by atoms with Gasteiger partial charge in [-0.2, -0.15) is 0 Å². The van der Waals surface area contributed by atoms with Crippen LogP contribution in [0.5, 0.6) is 0 Å². The zero-order chi connectivity index (χ0) is 9.42. The van der Waals surface area contributed by atoms with Crippen LogP contribution < -0.4 is 18.9 Å². The molecule has 70 valence electrons. The van der Waals surface area contributed by atoms with Gasteiger partial charge in [0.25, 0.3) is 0 Å². The number of allylic oxidation sites excluding steroid dienone is 2. The second-order valence-electron chi connectivity index (χ2n) is 2.48. The number of hydrogen-bond donors (Lipinski definition) is 0. The van der Waals surface area contributed by atoms with Crippen LogP contribution in [0.15, 0.2) is 35.0 Å². The average Bonchev–Trinajstić information content (AvgIpc) is 2.49. The zero-order valence-electron chi connectivity index (χ0n) is 7.34. The molecule has 0 saturated heterocycles. The van der Waals surface area contributed by atoms with E-state index < -0.39 is 15.7 Å². The van der Waals surface area contributed by atoms with E-state index in [4.69, 9.17) is 11.8 Å². The molecule has 0 spiro atoms. The number of nitrogens with zero attached hydrogens (tertiary/aromatic N) is 1. The van der Waals surface area contributed by atoms with Crippen molar-refractivity contribution < 1.29 is 27.6 Å². The fourth-order valence-electron chi connectivity index (χ4n) is 1.11. The Morgan fingerprint density at radius 2 is 2.36 bits per heavy atom. The normalized spacial score (nSPS) is 26.1. The van der Waals surface area contributed by atoms with Gasteiger partial charge in [-0.25, -0.2) is 0 Å². The van der Waals surface area contributed by atoms with Crippen molar-refractivity contribution in [2.75, 3.05) is 0 Å². The maximum absolute atomic E-state index is 10.7. The molecule has 0 amide bonds. The van der Waals surface area contributed by atoms with Crippen LogP contribution in [-0.4, -0.2) is 17.8 Å². The first-order chi connectivity index (χ1) is 6.18. The van der Waals surface area contributed by atoms with Crippen molar-refractivity contribution in [3.63, 3.8) is 0 Å². The van der Waals surface area contributed by atoms with Gasteiger partial charge in [-0.05, 0) is 29.3 Å². The Morgan fingerprint density at radius 3 is 2.93 bits per heavy atom. The topological polar surface area (TPSA) is 43.4 Å². The van der Waals surface area contributed by atoms with Gasteiger partial charge in [-0.3, -0.25) is 8.63 Å². The minimum atomic E-state index is -2.09. The molecule has 2 atom stereocenters. The second-order valence-corrected chi connectivity index (χ2v) is 5.36. The van der Waals surface area contributed by atoms with E-state index in [1.165, 1.54) is 16.2 Å². The van der Waals surface area contributed by atoms with Crippen molar-refractivity contribution >= 4 is 34.6 Å². The molecule has 0 fully saturated rings. The third-order valence-electron chi connectivity index (χ3n) is 1.67. The van der Waals surface area contributed by atoms with Crippen LogP contribution in [0.4, 0.5) is 0 Å². The molecule has 0 aromatic carbocycles. The van der Waals surface area contributed by atoms with Crippen LogP contribution in [0.3, 0.4) is 0 Å². The molecule has 7 heteroatoms. The summed E-state index contributed by atoms with van der Waals surface area (Å²) in [5.41, 5.74) is 0.753. The van der Waals surface area contributed by atoms with Crippen LogP contribution in [0.25, 0.3) is 0 Å². The van der Waals surface area contributed by atoms with E-state index >= 15 is 0 Å². The van der Waals surface area contributed by atoms with Gasteiger partial charge < -0.3 is 4.55 Å². The number of rotatable bonds is 1. The summed E-state index contributed by atoms with van der Waals surface area (Å²) in [6, 6.07) is 0. The fourth-order valence-corrected chi connectivity index (χ4v) is 3.13. The van der Waals surface area contributed by atoms with Crippen LogP contribution in [-0.2, 0) is 11.1 Å². The van der Waals surface area contributed by atoms with E-state index in [9.17, 15) is 8.76 Å².